The molecule has 0 N–H and O–H groups in total. The smallest absolute Gasteiger partial charge is 0.129 e. The van der Waals surface area contributed by atoms with Gasteiger partial charge in [-0.1, -0.05) is 6.42 Å². The first-order valence-corrected chi connectivity index (χ1v) is 6.48. The van der Waals surface area contributed by atoms with Crippen molar-refractivity contribution in [1.29, 1.82) is 0 Å². The van der Waals surface area contributed by atoms with Gasteiger partial charge in [0, 0.05) is 25.6 Å². The lowest BCUT2D eigenvalue weighted by Gasteiger charge is -2.30. The van der Waals surface area contributed by atoms with Crippen LogP contribution in [0.5, 0.6) is 0 Å². The molecule has 2 heterocycles. The molecule has 1 aromatic heterocycles. The van der Waals surface area contributed by atoms with Crippen molar-refractivity contribution in [3.8, 4) is 0 Å². The van der Waals surface area contributed by atoms with Crippen molar-refractivity contribution in [2.75, 3.05) is 13.6 Å². The van der Waals surface area contributed by atoms with Gasteiger partial charge >= 0.3 is 0 Å². The maximum absolute atomic E-state index is 4.70. The second-order valence-corrected chi connectivity index (χ2v) is 5.48. The van der Waals surface area contributed by atoms with Crippen LogP contribution in [0.25, 0.3) is 0 Å². The Hall–Kier alpha value is -0.350. The number of aromatic nitrogens is 2. The summed E-state index contributed by atoms with van der Waals surface area (Å²) in [6.07, 6.45) is 4.04. The van der Waals surface area contributed by atoms with Crippen molar-refractivity contribution >= 4 is 15.9 Å². The van der Waals surface area contributed by atoms with E-state index in [1.54, 1.807) is 0 Å². The second-order valence-electron chi connectivity index (χ2n) is 4.72. The molecule has 0 aromatic carbocycles. The van der Waals surface area contributed by atoms with Crippen molar-refractivity contribution in [3.63, 3.8) is 0 Å². The molecule has 1 aromatic rings. The monoisotopic (exact) mass is 269 g/mol. The van der Waals surface area contributed by atoms with Gasteiger partial charge in [0.15, 0.2) is 0 Å². The van der Waals surface area contributed by atoms with Gasteiger partial charge in [0.1, 0.15) is 10.4 Å². The van der Waals surface area contributed by atoms with E-state index in [-0.39, 0.29) is 0 Å². The minimum Gasteiger partial charge on any atom is -0.328 e. The van der Waals surface area contributed by atoms with Gasteiger partial charge < -0.3 is 4.57 Å². The first-order chi connectivity index (χ1) is 7.25. The van der Waals surface area contributed by atoms with Crippen LogP contribution in [0.3, 0.4) is 0 Å². The van der Waals surface area contributed by atoms with Gasteiger partial charge in [-0.15, -0.1) is 0 Å². The van der Waals surface area contributed by atoms with Gasteiger partial charge in [-0.2, -0.15) is 0 Å². The number of fused-ring (bicyclic) bond motifs is 1. The number of halogens is 1. The molecular weight excluding hydrogens is 254 g/mol. The van der Waals surface area contributed by atoms with Gasteiger partial charge in [-0.05, 0) is 35.8 Å². The summed E-state index contributed by atoms with van der Waals surface area (Å²) in [6.45, 7) is 3.28. The lowest BCUT2D eigenvalue weighted by molar-refractivity contribution is 0.259. The zero-order valence-electron chi connectivity index (χ0n) is 9.04. The molecule has 0 atom stereocenters. The average molecular weight is 270 g/mol. The van der Waals surface area contributed by atoms with Crippen LogP contribution < -0.4 is 0 Å². The third kappa shape index (κ3) is 1.54. The lowest BCUT2D eigenvalue weighted by atomic mass is 9.85. The molecule has 1 aliphatic carbocycles. The van der Waals surface area contributed by atoms with E-state index in [4.69, 9.17) is 4.98 Å². The van der Waals surface area contributed by atoms with E-state index < -0.39 is 0 Å². The average Bonchev–Trinajstić information content (AvgIpc) is 2.41. The minimum absolute atomic E-state index is 0.735. The van der Waals surface area contributed by atoms with Crippen molar-refractivity contribution in [2.45, 2.75) is 38.3 Å². The summed E-state index contributed by atoms with van der Waals surface area (Å²) in [6, 6.07) is 0. The molecular formula is C11H16BrN3. The maximum atomic E-state index is 4.70. The van der Waals surface area contributed by atoms with Crippen LogP contribution >= 0.6 is 15.9 Å². The fraction of sp³-hybridized carbons (Fsp3) is 0.727. The Balaban J connectivity index is 1.99. The fourth-order valence-corrected chi connectivity index (χ4v) is 2.98. The molecule has 4 heteroatoms. The molecule has 0 saturated heterocycles. The third-order valence-corrected chi connectivity index (χ3v) is 4.28. The topological polar surface area (TPSA) is 21.1 Å². The molecule has 0 spiro atoms. The second kappa shape index (κ2) is 3.59. The highest BCUT2D eigenvalue weighted by Gasteiger charge is 2.29. The van der Waals surface area contributed by atoms with Crippen LogP contribution in [0.15, 0.2) is 4.60 Å². The van der Waals surface area contributed by atoms with Crippen molar-refractivity contribution in [1.82, 2.24) is 14.5 Å². The lowest BCUT2D eigenvalue weighted by Crippen LogP contribution is -2.31. The Bertz CT molecular complexity index is 381. The van der Waals surface area contributed by atoms with E-state index >= 15 is 0 Å². The Labute approximate surface area is 98.6 Å². The molecule has 0 unspecified atom stereocenters. The largest absolute Gasteiger partial charge is 0.328 e. The minimum atomic E-state index is 0.735. The van der Waals surface area contributed by atoms with Crippen LogP contribution in [-0.4, -0.2) is 28.0 Å². The van der Waals surface area contributed by atoms with Crippen LogP contribution in [-0.2, 0) is 13.1 Å². The molecule has 3 rings (SSSR count). The van der Waals surface area contributed by atoms with E-state index in [2.05, 4.69) is 32.4 Å². The number of nitrogens with zero attached hydrogens (tertiary/aromatic N) is 3. The molecule has 0 bridgehead atoms. The SMILES string of the molecule is CN1CCn2c(C3CCC3)nc(Br)c2C1. The Morgan fingerprint density at radius 1 is 1.33 bits per heavy atom. The Kier molecular flexibility index (Phi) is 2.36. The summed E-state index contributed by atoms with van der Waals surface area (Å²) < 4.78 is 3.50. The summed E-state index contributed by atoms with van der Waals surface area (Å²) in [5.41, 5.74) is 1.37. The molecule has 15 heavy (non-hydrogen) atoms. The summed E-state index contributed by atoms with van der Waals surface area (Å²) in [7, 11) is 2.17. The van der Waals surface area contributed by atoms with Crippen molar-refractivity contribution in [3.05, 3.63) is 16.1 Å². The number of likely N-dealkylation sites (N-methyl/N-ethyl adjacent to an activating group) is 1. The van der Waals surface area contributed by atoms with Gasteiger partial charge in [-0.25, -0.2) is 4.98 Å². The van der Waals surface area contributed by atoms with E-state index in [1.807, 2.05) is 0 Å². The van der Waals surface area contributed by atoms with Crippen molar-refractivity contribution < 1.29 is 0 Å². The first kappa shape index (κ1) is 9.85. The summed E-state index contributed by atoms with van der Waals surface area (Å²) in [5.74, 6) is 2.06. The zero-order valence-corrected chi connectivity index (χ0v) is 10.6. The van der Waals surface area contributed by atoms with Gasteiger partial charge in [-0.3, -0.25) is 4.90 Å². The van der Waals surface area contributed by atoms with Crippen molar-refractivity contribution in [2.24, 2.45) is 0 Å². The van der Waals surface area contributed by atoms with Crippen LogP contribution in [0.1, 0.15) is 36.7 Å². The van der Waals surface area contributed by atoms with Crippen LogP contribution in [0, 0.1) is 0 Å². The summed E-state index contributed by atoms with van der Waals surface area (Å²) in [4.78, 5) is 7.06. The number of hydrogen-bond donors (Lipinski definition) is 0. The molecule has 0 radical (unpaired) electrons. The predicted molar refractivity (Wildman–Crippen MR) is 62.9 cm³/mol. The van der Waals surface area contributed by atoms with Gasteiger partial charge in [0.2, 0.25) is 0 Å². The standard InChI is InChI=1S/C11H16BrN3/c1-14-5-6-15-9(7-14)10(12)13-11(15)8-3-2-4-8/h8H,2-7H2,1H3. The highest BCUT2D eigenvalue weighted by atomic mass is 79.9. The summed E-state index contributed by atoms with van der Waals surface area (Å²) in [5, 5.41) is 0. The normalized spacial score (nSPS) is 22.5. The van der Waals surface area contributed by atoms with Gasteiger partial charge in [0.05, 0.1) is 5.69 Å². The van der Waals surface area contributed by atoms with E-state index in [9.17, 15) is 0 Å². The Morgan fingerprint density at radius 2 is 2.13 bits per heavy atom. The predicted octanol–water partition coefficient (Wildman–Crippen LogP) is 2.36. The highest BCUT2D eigenvalue weighted by Crippen LogP contribution is 2.38. The zero-order chi connectivity index (χ0) is 10.4. The summed E-state index contributed by atoms with van der Waals surface area (Å²) >= 11 is 3.59. The van der Waals surface area contributed by atoms with E-state index in [1.165, 1.54) is 30.8 Å². The molecule has 1 saturated carbocycles. The van der Waals surface area contributed by atoms with E-state index in [0.717, 1.165) is 30.2 Å². The molecule has 1 fully saturated rings. The number of imidazole rings is 1. The number of rotatable bonds is 1. The quantitative estimate of drug-likeness (QED) is 0.781. The first-order valence-electron chi connectivity index (χ1n) is 5.69. The Morgan fingerprint density at radius 3 is 2.80 bits per heavy atom. The van der Waals surface area contributed by atoms with Crippen LogP contribution in [0.4, 0.5) is 0 Å². The van der Waals surface area contributed by atoms with Crippen LogP contribution in [0.2, 0.25) is 0 Å². The van der Waals surface area contributed by atoms with Gasteiger partial charge in [0.25, 0.3) is 0 Å². The molecule has 82 valence electrons. The molecule has 1 aliphatic heterocycles. The number of hydrogen-bond acceptors (Lipinski definition) is 2. The molecule has 0 amide bonds. The molecule has 2 aliphatic rings. The highest BCUT2D eigenvalue weighted by molar-refractivity contribution is 9.10. The fourth-order valence-electron chi connectivity index (χ4n) is 2.46. The third-order valence-electron chi connectivity index (χ3n) is 3.65. The molecule has 3 nitrogen and oxygen atoms in total. The van der Waals surface area contributed by atoms with E-state index in [0.29, 0.717) is 0 Å². The maximum Gasteiger partial charge on any atom is 0.129 e.